The minimum absolute atomic E-state index is 0.228. The van der Waals surface area contributed by atoms with Gasteiger partial charge in [-0.05, 0) is 23.8 Å². The molecule has 3 N–H and O–H groups in total. The Morgan fingerprint density at radius 3 is 3.00 bits per heavy atom. The zero-order chi connectivity index (χ0) is 12.4. The van der Waals surface area contributed by atoms with E-state index in [0.717, 1.165) is 20.9 Å². The molecular formula is C12H13BrN2O2. The molecule has 5 heteroatoms. The number of rotatable bonds is 3. The summed E-state index contributed by atoms with van der Waals surface area (Å²) in [7, 11) is 1.37. The van der Waals surface area contributed by atoms with Crippen LogP contribution in [0.3, 0.4) is 0 Å². The number of halogens is 1. The van der Waals surface area contributed by atoms with Crippen molar-refractivity contribution in [2.75, 3.05) is 13.7 Å². The van der Waals surface area contributed by atoms with Crippen molar-refractivity contribution in [2.24, 2.45) is 5.73 Å². The average molecular weight is 297 g/mol. The van der Waals surface area contributed by atoms with Crippen LogP contribution in [0.5, 0.6) is 0 Å². The van der Waals surface area contributed by atoms with Crippen LogP contribution in [0.15, 0.2) is 28.9 Å². The SMILES string of the molecule is COC(=O)[C@@H](CN)c1c[nH]c2ccc(Br)cc12. The Morgan fingerprint density at radius 1 is 1.59 bits per heavy atom. The van der Waals surface area contributed by atoms with Crippen molar-refractivity contribution in [3.63, 3.8) is 0 Å². The van der Waals surface area contributed by atoms with E-state index in [1.165, 1.54) is 7.11 Å². The molecule has 2 aromatic rings. The van der Waals surface area contributed by atoms with E-state index >= 15 is 0 Å². The van der Waals surface area contributed by atoms with Gasteiger partial charge in [-0.2, -0.15) is 0 Å². The van der Waals surface area contributed by atoms with Crippen LogP contribution in [0, 0.1) is 0 Å². The second-order valence-electron chi connectivity index (χ2n) is 3.75. The minimum atomic E-state index is -0.428. The Hall–Kier alpha value is -1.33. The van der Waals surface area contributed by atoms with Crippen LogP contribution in [0.4, 0.5) is 0 Å². The average Bonchev–Trinajstić information content (AvgIpc) is 2.73. The third-order valence-electron chi connectivity index (χ3n) is 2.77. The van der Waals surface area contributed by atoms with Gasteiger partial charge in [-0.15, -0.1) is 0 Å². The van der Waals surface area contributed by atoms with Gasteiger partial charge >= 0.3 is 5.97 Å². The summed E-state index contributed by atoms with van der Waals surface area (Å²) in [5, 5.41) is 0.986. The molecule has 0 aliphatic carbocycles. The summed E-state index contributed by atoms with van der Waals surface area (Å²) in [6.07, 6.45) is 1.81. The Kier molecular flexibility index (Phi) is 3.49. The smallest absolute Gasteiger partial charge is 0.314 e. The van der Waals surface area contributed by atoms with Crippen LogP contribution in [-0.4, -0.2) is 24.6 Å². The molecule has 0 amide bonds. The molecule has 0 bridgehead atoms. The van der Waals surface area contributed by atoms with Crippen molar-refractivity contribution >= 4 is 32.8 Å². The molecular weight excluding hydrogens is 284 g/mol. The molecule has 0 aliphatic heterocycles. The van der Waals surface area contributed by atoms with Crippen molar-refractivity contribution < 1.29 is 9.53 Å². The van der Waals surface area contributed by atoms with Gasteiger partial charge in [-0.25, -0.2) is 0 Å². The van der Waals surface area contributed by atoms with Gasteiger partial charge in [0.15, 0.2) is 0 Å². The van der Waals surface area contributed by atoms with E-state index in [2.05, 4.69) is 20.9 Å². The lowest BCUT2D eigenvalue weighted by Gasteiger charge is -2.11. The summed E-state index contributed by atoms with van der Waals surface area (Å²) in [4.78, 5) is 14.8. The monoisotopic (exact) mass is 296 g/mol. The van der Waals surface area contributed by atoms with Gasteiger partial charge in [0.25, 0.3) is 0 Å². The predicted molar refractivity (Wildman–Crippen MR) is 69.8 cm³/mol. The second-order valence-corrected chi connectivity index (χ2v) is 4.66. The van der Waals surface area contributed by atoms with Gasteiger partial charge in [-0.3, -0.25) is 4.79 Å². The van der Waals surface area contributed by atoms with Crippen LogP contribution >= 0.6 is 15.9 Å². The Morgan fingerprint density at radius 2 is 2.35 bits per heavy atom. The Balaban J connectivity index is 2.53. The van der Waals surface area contributed by atoms with Crippen molar-refractivity contribution in [3.05, 3.63) is 34.4 Å². The molecule has 0 saturated carbocycles. The number of aromatic amines is 1. The first-order valence-electron chi connectivity index (χ1n) is 5.21. The van der Waals surface area contributed by atoms with Gasteiger partial charge in [-0.1, -0.05) is 15.9 Å². The fourth-order valence-corrected chi connectivity index (χ4v) is 2.26. The van der Waals surface area contributed by atoms with Gasteiger partial charge in [0.05, 0.1) is 13.0 Å². The Labute approximate surface area is 107 Å². The standard InChI is InChI=1S/C12H13BrN2O2/c1-17-12(16)9(5-14)10-6-15-11-3-2-7(13)4-8(10)11/h2-4,6,9,15H,5,14H2,1H3/t9-/m0/s1. The molecule has 0 aliphatic rings. The zero-order valence-corrected chi connectivity index (χ0v) is 11.0. The molecule has 2 rings (SSSR count). The first-order chi connectivity index (χ1) is 8.17. The molecule has 1 aromatic heterocycles. The maximum Gasteiger partial charge on any atom is 0.314 e. The molecule has 0 spiro atoms. The van der Waals surface area contributed by atoms with Gasteiger partial charge in [0.1, 0.15) is 0 Å². The number of esters is 1. The molecule has 17 heavy (non-hydrogen) atoms. The summed E-state index contributed by atoms with van der Waals surface area (Å²) in [5.41, 5.74) is 7.49. The number of carbonyl (C=O) groups is 1. The minimum Gasteiger partial charge on any atom is -0.469 e. The highest BCUT2D eigenvalue weighted by Crippen LogP contribution is 2.28. The normalized spacial score (nSPS) is 12.6. The highest BCUT2D eigenvalue weighted by atomic mass is 79.9. The lowest BCUT2D eigenvalue weighted by molar-refractivity contribution is -0.142. The summed E-state index contributed by atoms with van der Waals surface area (Å²) in [5.74, 6) is -0.739. The van der Waals surface area contributed by atoms with E-state index in [4.69, 9.17) is 10.5 Å². The number of hydrogen-bond donors (Lipinski definition) is 2. The molecule has 0 radical (unpaired) electrons. The summed E-state index contributed by atoms with van der Waals surface area (Å²) in [6.45, 7) is 0.228. The number of nitrogens with one attached hydrogen (secondary N) is 1. The molecule has 1 atom stereocenters. The fraction of sp³-hybridized carbons (Fsp3) is 0.250. The van der Waals surface area contributed by atoms with Gasteiger partial charge in [0.2, 0.25) is 0 Å². The van der Waals surface area contributed by atoms with Crippen LogP contribution in [0.25, 0.3) is 10.9 Å². The van der Waals surface area contributed by atoms with Crippen LogP contribution in [-0.2, 0) is 9.53 Å². The summed E-state index contributed by atoms with van der Waals surface area (Å²) < 4.78 is 5.73. The number of ether oxygens (including phenoxy) is 1. The third-order valence-corrected chi connectivity index (χ3v) is 3.27. The second kappa shape index (κ2) is 4.89. The summed E-state index contributed by atoms with van der Waals surface area (Å²) in [6, 6.07) is 5.86. The third kappa shape index (κ3) is 2.21. The van der Waals surface area contributed by atoms with E-state index in [-0.39, 0.29) is 12.5 Å². The van der Waals surface area contributed by atoms with Crippen molar-refractivity contribution in [2.45, 2.75) is 5.92 Å². The van der Waals surface area contributed by atoms with Crippen LogP contribution in [0.1, 0.15) is 11.5 Å². The molecule has 0 saturated heterocycles. The molecule has 0 unspecified atom stereocenters. The predicted octanol–water partition coefficient (Wildman–Crippen LogP) is 2.15. The van der Waals surface area contributed by atoms with Crippen molar-refractivity contribution in [1.29, 1.82) is 0 Å². The topological polar surface area (TPSA) is 68.1 Å². The van der Waals surface area contributed by atoms with Gasteiger partial charge in [0, 0.05) is 28.1 Å². The number of aromatic nitrogens is 1. The summed E-state index contributed by atoms with van der Waals surface area (Å²) >= 11 is 3.42. The number of hydrogen-bond acceptors (Lipinski definition) is 3. The van der Waals surface area contributed by atoms with Crippen molar-refractivity contribution in [3.8, 4) is 0 Å². The van der Waals surface area contributed by atoms with Gasteiger partial charge < -0.3 is 15.5 Å². The number of fused-ring (bicyclic) bond motifs is 1. The lowest BCUT2D eigenvalue weighted by Crippen LogP contribution is -2.22. The molecule has 1 aromatic carbocycles. The van der Waals surface area contributed by atoms with Crippen LogP contribution in [0.2, 0.25) is 0 Å². The van der Waals surface area contributed by atoms with E-state index in [0.29, 0.717) is 0 Å². The largest absolute Gasteiger partial charge is 0.469 e. The zero-order valence-electron chi connectivity index (χ0n) is 9.37. The highest BCUT2D eigenvalue weighted by molar-refractivity contribution is 9.10. The lowest BCUT2D eigenvalue weighted by atomic mass is 9.99. The number of methoxy groups -OCH3 is 1. The van der Waals surface area contributed by atoms with Crippen LogP contribution < -0.4 is 5.73 Å². The fourth-order valence-electron chi connectivity index (χ4n) is 1.90. The maximum atomic E-state index is 11.6. The van der Waals surface area contributed by atoms with E-state index in [1.54, 1.807) is 0 Å². The molecule has 90 valence electrons. The molecule has 4 nitrogen and oxygen atoms in total. The molecule has 1 heterocycles. The maximum absolute atomic E-state index is 11.6. The Bertz CT molecular complexity index is 550. The van der Waals surface area contributed by atoms with E-state index in [9.17, 15) is 4.79 Å². The number of carbonyl (C=O) groups excluding carboxylic acids is 1. The first kappa shape index (κ1) is 12.1. The quantitative estimate of drug-likeness (QED) is 0.853. The molecule has 0 fully saturated rings. The number of nitrogens with two attached hydrogens (primary N) is 1. The van der Waals surface area contributed by atoms with E-state index in [1.807, 2.05) is 24.4 Å². The van der Waals surface area contributed by atoms with E-state index < -0.39 is 5.92 Å². The number of benzene rings is 1. The number of H-pyrrole nitrogens is 1. The van der Waals surface area contributed by atoms with Crippen molar-refractivity contribution in [1.82, 2.24) is 4.98 Å². The highest BCUT2D eigenvalue weighted by Gasteiger charge is 2.22. The first-order valence-corrected chi connectivity index (χ1v) is 6.01.